The number of anilines is 1. The lowest BCUT2D eigenvalue weighted by molar-refractivity contribution is -0.123. The van der Waals surface area contributed by atoms with E-state index in [1.54, 1.807) is 18.2 Å². The van der Waals surface area contributed by atoms with Crippen molar-refractivity contribution in [3.8, 4) is 0 Å². The van der Waals surface area contributed by atoms with E-state index >= 15 is 0 Å². The van der Waals surface area contributed by atoms with Crippen LogP contribution in [-0.2, 0) is 9.59 Å². The van der Waals surface area contributed by atoms with Crippen LogP contribution in [-0.4, -0.2) is 37.4 Å². The molecule has 3 amide bonds. The van der Waals surface area contributed by atoms with Crippen LogP contribution in [0, 0.1) is 6.92 Å². The molecule has 0 saturated heterocycles. The van der Waals surface area contributed by atoms with Crippen molar-refractivity contribution in [1.82, 2.24) is 10.6 Å². The van der Waals surface area contributed by atoms with Crippen LogP contribution in [0.25, 0.3) is 0 Å². The fourth-order valence-corrected chi connectivity index (χ4v) is 1.61. The second kappa shape index (κ2) is 9.75. The van der Waals surface area contributed by atoms with Gasteiger partial charge in [0.05, 0.1) is 13.1 Å². The molecule has 122 valence electrons. The molecule has 0 aliphatic carbocycles. The van der Waals surface area contributed by atoms with Crippen LogP contribution in [0.3, 0.4) is 0 Å². The van der Waals surface area contributed by atoms with Crippen LogP contribution in [0.2, 0.25) is 0 Å². The summed E-state index contributed by atoms with van der Waals surface area (Å²) in [4.78, 5) is 34.5. The molecule has 0 fully saturated rings. The molecule has 5 N–H and O–H groups in total. The lowest BCUT2D eigenvalue weighted by Gasteiger charge is -2.11. The molecule has 1 aromatic rings. The van der Waals surface area contributed by atoms with Crippen molar-refractivity contribution in [3.63, 3.8) is 0 Å². The highest BCUT2D eigenvalue weighted by molar-refractivity contribution is 5.99. The van der Waals surface area contributed by atoms with Crippen molar-refractivity contribution in [2.45, 2.75) is 13.8 Å². The third-order valence-corrected chi connectivity index (χ3v) is 2.74. The molecule has 1 rings (SSSR count). The first-order valence-electron chi connectivity index (χ1n) is 6.63. The van der Waals surface area contributed by atoms with E-state index < -0.39 is 5.91 Å². The molecular weight excluding hydrogens is 308 g/mol. The van der Waals surface area contributed by atoms with E-state index in [1.807, 2.05) is 13.8 Å². The second-order valence-corrected chi connectivity index (χ2v) is 4.42. The molecular formula is C14H21ClN4O3. The summed E-state index contributed by atoms with van der Waals surface area (Å²) in [6, 6.07) is 5.04. The zero-order valence-corrected chi connectivity index (χ0v) is 13.4. The smallest absolute Gasteiger partial charge is 0.251 e. The van der Waals surface area contributed by atoms with E-state index in [4.69, 9.17) is 5.73 Å². The normalized spacial score (nSPS) is 9.41. The van der Waals surface area contributed by atoms with Crippen molar-refractivity contribution >= 4 is 35.8 Å². The van der Waals surface area contributed by atoms with Gasteiger partial charge in [-0.3, -0.25) is 14.4 Å². The van der Waals surface area contributed by atoms with Crippen molar-refractivity contribution < 1.29 is 14.4 Å². The molecule has 1 aromatic carbocycles. The summed E-state index contributed by atoms with van der Waals surface area (Å²) < 4.78 is 0. The zero-order chi connectivity index (χ0) is 15.8. The highest BCUT2D eigenvalue weighted by Gasteiger charge is 2.10. The van der Waals surface area contributed by atoms with Gasteiger partial charge >= 0.3 is 0 Å². The lowest BCUT2D eigenvalue weighted by atomic mass is 10.1. The summed E-state index contributed by atoms with van der Waals surface area (Å²) >= 11 is 0. The Kier molecular flexibility index (Phi) is 8.81. The average Bonchev–Trinajstić information content (AvgIpc) is 2.47. The van der Waals surface area contributed by atoms with Crippen LogP contribution < -0.4 is 21.7 Å². The zero-order valence-electron chi connectivity index (χ0n) is 12.6. The van der Waals surface area contributed by atoms with E-state index in [2.05, 4.69) is 16.0 Å². The Hall–Kier alpha value is -2.12. The summed E-state index contributed by atoms with van der Waals surface area (Å²) in [5.41, 5.74) is 6.94. The predicted molar refractivity (Wildman–Crippen MR) is 87.1 cm³/mol. The van der Waals surface area contributed by atoms with Gasteiger partial charge in [-0.2, -0.15) is 0 Å². The van der Waals surface area contributed by atoms with Crippen LogP contribution in [0.5, 0.6) is 0 Å². The van der Waals surface area contributed by atoms with E-state index in [-0.39, 0.29) is 37.3 Å². The minimum Gasteiger partial charge on any atom is -0.352 e. The van der Waals surface area contributed by atoms with Gasteiger partial charge in [-0.15, -0.1) is 12.4 Å². The third kappa shape index (κ3) is 6.11. The number of carbonyl (C=O) groups excluding carboxylic acids is 3. The van der Waals surface area contributed by atoms with Crippen LogP contribution in [0.1, 0.15) is 22.8 Å². The van der Waals surface area contributed by atoms with Gasteiger partial charge in [-0.1, -0.05) is 6.07 Å². The van der Waals surface area contributed by atoms with Crippen LogP contribution in [0.15, 0.2) is 18.2 Å². The van der Waals surface area contributed by atoms with Gasteiger partial charge in [0.25, 0.3) is 5.91 Å². The third-order valence-electron chi connectivity index (χ3n) is 2.74. The minimum absolute atomic E-state index is 0. The molecule has 0 radical (unpaired) electrons. The molecule has 0 spiro atoms. The second-order valence-electron chi connectivity index (χ2n) is 4.42. The van der Waals surface area contributed by atoms with Crippen LogP contribution in [0.4, 0.5) is 5.69 Å². The maximum atomic E-state index is 11.8. The average molecular weight is 329 g/mol. The Balaban J connectivity index is 0.00000441. The Bertz CT molecular complexity index is 549. The molecule has 0 saturated carbocycles. The van der Waals surface area contributed by atoms with Crippen LogP contribution >= 0.6 is 12.4 Å². The number of benzene rings is 1. The Morgan fingerprint density at radius 3 is 2.41 bits per heavy atom. The largest absolute Gasteiger partial charge is 0.352 e. The summed E-state index contributed by atoms with van der Waals surface area (Å²) in [6.45, 7) is 3.84. The number of hydrogen-bond acceptors (Lipinski definition) is 4. The maximum absolute atomic E-state index is 11.8. The summed E-state index contributed by atoms with van der Waals surface area (Å²) in [5.74, 6) is -0.990. The number of carbonyl (C=O) groups is 3. The highest BCUT2D eigenvalue weighted by Crippen LogP contribution is 2.16. The highest BCUT2D eigenvalue weighted by atomic mass is 35.5. The molecule has 0 atom stereocenters. The quantitative estimate of drug-likeness (QED) is 0.596. The molecule has 0 aliphatic heterocycles. The number of halogens is 1. The SMILES string of the molecule is CCNC(=O)c1ccc(C)c(NC(=O)CNC(=O)CN)c1.Cl. The molecule has 0 bridgehead atoms. The first-order valence-corrected chi connectivity index (χ1v) is 6.63. The summed E-state index contributed by atoms with van der Waals surface area (Å²) in [7, 11) is 0. The van der Waals surface area contributed by atoms with Crippen molar-refractivity contribution in [3.05, 3.63) is 29.3 Å². The first-order chi connectivity index (χ1) is 9.97. The minimum atomic E-state index is -0.405. The number of aryl methyl sites for hydroxylation is 1. The van der Waals surface area contributed by atoms with Gasteiger partial charge in [0.1, 0.15) is 0 Å². The standard InChI is InChI=1S/C14H20N4O3.ClH/c1-3-16-14(21)10-5-4-9(2)11(6-10)18-13(20)8-17-12(19)7-15;/h4-6H,3,7-8,15H2,1-2H3,(H,16,21)(H,17,19)(H,18,20);1H. The lowest BCUT2D eigenvalue weighted by Crippen LogP contribution is -2.36. The van der Waals surface area contributed by atoms with Gasteiger partial charge in [-0.25, -0.2) is 0 Å². The van der Waals surface area contributed by atoms with Gasteiger partial charge in [0.2, 0.25) is 11.8 Å². The Morgan fingerprint density at radius 2 is 1.82 bits per heavy atom. The fourth-order valence-electron chi connectivity index (χ4n) is 1.61. The summed E-state index contributed by atoms with van der Waals surface area (Å²) in [5, 5.41) is 7.71. The molecule has 8 heteroatoms. The molecule has 0 aromatic heterocycles. The topological polar surface area (TPSA) is 113 Å². The number of nitrogens with two attached hydrogens (primary N) is 1. The monoisotopic (exact) mass is 328 g/mol. The summed E-state index contributed by atoms with van der Waals surface area (Å²) in [6.07, 6.45) is 0. The van der Waals surface area contributed by atoms with Gasteiger partial charge in [-0.05, 0) is 31.5 Å². The maximum Gasteiger partial charge on any atom is 0.251 e. The van der Waals surface area contributed by atoms with Crippen molar-refractivity contribution in [2.24, 2.45) is 5.73 Å². The number of amides is 3. The predicted octanol–water partition coefficient (Wildman–Crippen LogP) is 0.180. The van der Waals surface area contributed by atoms with Gasteiger partial charge < -0.3 is 21.7 Å². The van der Waals surface area contributed by atoms with Gasteiger partial charge in [0.15, 0.2) is 0 Å². The van der Waals surface area contributed by atoms with Gasteiger partial charge in [0, 0.05) is 17.8 Å². The van der Waals surface area contributed by atoms with Crippen molar-refractivity contribution in [1.29, 1.82) is 0 Å². The van der Waals surface area contributed by atoms with Crippen molar-refractivity contribution in [2.75, 3.05) is 25.0 Å². The van der Waals surface area contributed by atoms with E-state index in [0.29, 0.717) is 17.8 Å². The molecule has 0 heterocycles. The molecule has 22 heavy (non-hydrogen) atoms. The molecule has 0 unspecified atom stereocenters. The van der Waals surface area contributed by atoms with E-state index in [1.165, 1.54) is 0 Å². The number of nitrogens with one attached hydrogen (secondary N) is 3. The molecule has 0 aliphatic rings. The Morgan fingerprint density at radius 1 is 1.14 bits per heavy atom. The number of hydrogen-bond donors (Lipinski definition) is 4. The molecule has 7 nitrogen and oxygen atoms in total. The van der Waals surface area contributed by atoms with E-state index in [9.17, 15) is 14.4 Å². The number of rotatable bonds is 6. The Labute approximate surface area is 135 Å². The fraction of sp³-hybridized carbons (Fsp3) is 0.357. The van der Waals surface area contributed by atoms with E-state index in [0.717, 1.165) is 5.56 Å². The first kappa shape index (κ1) is 19.9.